The first-order chi connectivity index (χ1) is 10.3. The minimum absolute atomic E-state index is 0.710. The van der Waals surface area contributed by atoms with Crippen LogP contribution in [0.4, 0.5) is 0 Å². The summed E-state index contributed by atoms with van der Waals surface area (Å²) < 4.78 is 15.6. The normalized spacial score (nSPS) is 10.6. The van der Waals surface area contributed by atoms with Crippen molar-refractivity contribution < 1.29 is 14.2 Å². The van der Waals surface area contributed by atoms with E-state index >= 15 is 0 Å². The molecule has 0 saturated heterocycles. The predicted octanol–water partition coefficient (Wildman–Crippen LogP) is 2.56. The number of nitrogens with one attached hydrogen (secondary N) is 1. The molecular weight excluding hydrogens is 288 g/mol. The van der Waals surface area contributed by atoms with E-state index in [2.05, 4.69) is 10.3 Å². The van der Waals surface area contributed by atoms with Crippen LogP contribution in [0.15, 0.2) is 24.4 Å². The molecular formula is C15H20N2O3S. The third-order valence-corrected chi connectivity index (χ3v) is 4.01. The van der Waals surface area contributed by atoms with Crippen LogP contribution in [-0.2, 0) is 11.3 Å². The summed E-state index contributed by atoms with van der Waals surface area (Å²) in [7, 11) is 4.96. The van der Waals surface area contributed by atoms with Crippen LogP contribution in [0.3, 0.4) is 0 Å². The van der Waals surface area contributed by atoms with Crippen LogP contribution in [0.2, 0.25) is 0 Å². The molecule has 6 heteroatoms. The molecule has 0 radical (unpaired) electrons. The van der Waals surface area contributed by atoms with Crippen LogP contribution < -0.4 is 14.8 Å². The molecule has 21 heavy (non-hydrogen) atoms. The number of methoxy groups -OCH3 is 3. The molecule has 1 aromatic carbocycles. The second kappa shape index (κ2) is 7.97. The molecule has 0 amide bonds. The SMILES string of the molecule is COCCNCc1cnc(-c2ccc(OC)c(OC)c2)s1. The average molecular weight is 308 g/mol. The number of hydrogen-bond acceptors (Lipinski definition) is 6. The van der Waals surface area contributed by atoms with Crippen LogP contribution >= 0.6 is 11.3 Å². The van der Waals surface area contributed by atoms with Crippen molar-refractivity contribution in [1.82, 2.24) is 10.3 Å². The first kappa shape index (κ1) is 15.8. The van der Waals surface area contributed by atoms with Gasteiger partial charge in [-0.3, -0.25) is 0 Å². The maximum absolute atomic E-state index is 5.32. The molecule has 0 aliphatic heterocycles. The van der Waals surface area contributed by atoms with Crippen molar-refractivity contribution in [2.24, 2.45) is 0 Å². The van der Waals surface area contributed by atoms with Crippen molar-refractivity contribution in [3.8, 4) is 22.1 Å². The van der Waals surface area contributed by atoms with Gasteiger partial charge >= 0.3 is 0 Å². The van der Waals surface area contributed by atoms with Crippen molar-refractivity contribution in [3.63, 3.8) is 0 Å². The van der Waals surface area contributed by atoms with Crippen LogP contribution in [-0.4, -0.2) is 39.5 Å². The zero-order valence-electron chi connectivity index (χ0n) is 12.5. The summed E-state index contributed by atoms with van der Waals surface area (Å²) in [6.07, 6.45) is 1.90. The van der Waals surface area contributed by atoms with Gasteiger partial charge in [0, 0.05) is 36.8 Å². The Kier molecular flexibility index (Phi) is 5.98. The lowest BCUT2D eigenvalue weighted by Crippen LogP contribution is -2.17. The lowest BCUT2D eigenvalue weighted by molar-refractivity contribution is 0.199. The highest BCUT2D eigenvalue weighted by atomic mass is 32.1. The molecule has 114 valence electrons. The molecule has 2 aromatic rings. The van der Waals surface area contributed by atoms with Crippen molar-refractivity contribution in [2.45, 2.75) is 6.54 Å². The fraction of sp³-hybridized carbons (Fsp3) is 0.400. The smallest absolute Gasteiger partial charge is 0.161 e. The number of thiazole rings is 1. The van der Waals surface area contributed by atoms with Gasteiger partial charge in [-0.25, -0.2) is 4.98 Å². The molecule has 0 saturated carbocycles. The molecule has 0 fully saturated rings. The zero-order valence-corrected chi connectivity index (χ0v) is 13.3. The summed E-state index contributed by atoms with van der Waals surface area (Å²) in [6, 6.07) is 5.83. The van der Waals surface area contributed by atoms with E-state index in [-0.39, 0.29) is 0 Å². The molecule has 2 rings (SSSR count). The summed E-state index contributed by atoms with van der Waals surface area (Å²) in [5, 5.41) is 4.28. The second-order valence-corrected chi connectivity index (χ2v) is 5.49. The molecule has 5 nitrogen and oxygen atoms in total. The van der Waals surface area contributed by atoms with Gasteiger partial charge in [0.1, 0.15) is 5.01 Å². The molecule has 1 N–H and O–H groups in total. The second-order valence-electron chi connectivity index (χ2n) is 4.37. The minimum atomic E-state index is 0.710. The highest BCUT2D eigenvalue weighted by molar-refractivity contribution is 7.15. The topological polar surface area (TPSA) is 52.6 Å². The van der Waals surface area contributed by atoms with E-state index in [0.29, 0.717) is 12.4 Å². The average Bonchev–Trinajstić information content (AvgIpc) is 2.99. The number of hydrogen-bond donors (Lipinski definition) is 1. The van der Waals surface area contributed by atoms with E-state index in [4.69, 9.17) is 14.2 Å². The Morgan fingerprint density at radius 2 is 1.95 bits per heavy atom. The van der Waals surface area contributed by atoms with E-state index in [1.807, 2.05) is 24.4 Å². The lowest BCUT2D eigenvalue weighted by atomic mass is 10.2. The zero-order chi connectivity index (χ0) is 15.1. The Labute approximate surface area is 128 Å². The predicted molar refractivity (Wildman–Crippen MR) is 84.2 cm³/mol. The minimum Gasteiger partial charge on any atom is -0.493 e. The molecule has 1 aromatic heterocycles. The number of ether oxygens (including phenoxy) is 3. The Morgan fingerprint density at radius 1 is 1.14 bits per heavy atom. The van der Waals surface area contributed by atoms with Gasteiger partial charge in [0.25, 0.3) is 0 Å². The largest absolute Gasteiger partial charge is 0.493 e. The highest BCUT2D eigenvalue weighted by Gasteiger charge is 2.09. The summed E-state index contributed by atoms with van der Waals surface area (Å²) in [4.78, 5) is 5.66. The van der Waals surface area contributed by atoms with Crippen molar-refractivity contribution in [1.29, 1.82) is 0 Å². The van der Waals surface area contributed by atoms with E-state index in [0.717, 1.165) is 29.4 Å². The standard InChI is InChI=1S/C15H20N2O3S/c1-18-7-6-16-9-12-10-17-15(21-12)11-4-5-13(19-2)14(8-11)20-3/h4-5,8,10,16H,6-7,9H2,1-3H3. The van der Waals surface area contributed by atoms with Crippen molar-refractivity contribution >= 4 is 11.3 Å². The molecule has 1 heterocycles. The Morgan fingerprint density at radius 3 is 2.67 bits per heavy atom. The van der Waals surface area contributed by atoms with Gasteiger partial charge in [0.05, 0.1) is 20.8 Å². The highest BCUT2D eigenvalue weighted by Crippen LogP contribution is 2.33. The summed E-state index contributed by atoms with van der Waals surface area (Å²) in [6.45, 7) is 2.34. The van der Waals surface area contributed by atoms with Crippen LogP contribution in [0.5, 0.6) is 11.5 Å². The van der Waals surface area contributed by atoms with Crippen LogP contribution in [0.25, 0.3) is 10.6 Å². The quantitative estimate of drug-likeness (QED) is 0.760. The van der Waals surface area contributed by atoms with Crippen LogP contribution in [0, 0.1) is 0 Å². The van der Waals surface area contributed by atoms with Gasteiger partial charge in [-0.15, -0.1) is 11.3 Å². The number of benzene rings is 1. The number of nitrogens with zero attached hydrogens (tertiary/aromatic N) is 1. The fourth-order valence-electron chi connectivity index (χ4n) is 1.88. The Balaban J connectivity index is 2.06. The molecule has 0 aliphatic carbocycles. The van der Waals surface area contributed by atoms with E-state index in [1.54, 1.807) is 32.7 Å². The van der Waals surface area contributed by atoms with Gasteiger partial charge in [0.15, 0.2) is 11.5 Å². The first-order valence-corrected chi connectivity index (χ1v) is 7.47. The van der Waals surface area contributed by atoms with Gasteiger partial charge < -0.3 is 19.5 Å². The number of rotatable bonds is 8. The van der Waals surface area contributed by atoms with Gasteiger partial charge in [-0.05, 0) is 18.2 Å². The monoisotopic (exact) mass is 308 g/mol. The van der Waals surface area contributed by atoms with Crippen molar-refractivity contribution in [2.75, 3.05) is 34.5 Å². The van der Waals surface area contributed by atoms with Crippen LogP contribution in [0.1, 0.15) is 4.88 Å². The molecule has 0 aliphatic rings. The van der Waals surface area contributed by atoms with E-state index in [9.17, 15) is 0 Å². The summed E-state index contributed by atoms with van der Waals surface area (Å²) in [5.74, 6) is 1.43. The molecule has 0 unspecified atom stereocenters. The third kappa shape index (κ3) is 4.17. The number of aromatic nitrogens is 1. The van der Waals surface area contributed by atoms with E-state index < -0.39 is 0 Å². The summed E-state index contributed by atoms with van der Waals surface area (Å²) in [5.41, 5.74) is 1.03. The Bertz CT molecular complexity index is 572. The molecule has 0 spiro atoms. The maximum Gasteiger partial charge on any atom is 0.161 e. The fourth-order valence-corrected chi connectivity index (χ4v) is 2.76. The molecule has 0 atom stereocenters. The maximum atomic E-state index is 5.32. The first-order valence-electron chi connectivity index (χ1n) is 6.65. The lowest BCUT2D eigenvalue weighted by Gasteiger charge is -2.08. The van der Waals surface area contributed by atoms with Gasteiger partial charge in [-0.1, -0.05) is 0 Å². The van der Waals surface area contributed by atoms with Gasteiger partial charge in [-0.2, -0.15) is 0 Å². The Hall–Kier alpha value is -1.63. The molecule has 0 bridgehead atoms. The van der Waals surface area contributed by atoms with E-state index in [1.165, 1.54) is 4.88 Å². The van der Waals surface area contributed by atoms with Crippen molar-refractivity contribution in [3.05, 3.63) is 29.3 Å². The van der Waals surface area contributed by atoms with Gasteiger partial charge in [0.2, 0.25) is 0 Å². The third-order valence-electron chi connectivity index (χ3n) is 2.97. The summed E-state index contributed by atoms with van der Waals surface area (Å²) >= 11 is 1.67.